The lowest BCUT2D eigenvalue weighted by Crippen LogP contribution is -2.54. The van der Waals surface area contributed by atoms with Gasteiger partial charge in [-0.2, -0.15) is 0 Å². The third-order valence-corrected chi connectivity index (χ3v) is 5.82. The van der Waals surface area contributed by atoms with Crippen molar-refractivity contribution in [3.8, 4) is 5.75 Å². The molecule has 2 heterocycles. The molecule has 0 aliphatic carbocycles. The highest BCUT2D eigenvalue weighted by atomic mass is 32.1. The lowest BCUT2D eigenvalue weighted by molar-refractivity contribution is -0.122. The molecule has 0 aromatic heterocycles. The third-order valence-electron chi connectivity index (χ3n) is 5.53. The highest BCUT2D eigenvalue weighted by Crippen LogP contribution is 2.27. The molecule has 2 aliphatic heterocycles. The molecule has 0 saturated carbocycles. The molecule has 2 aromatic carbocycles. The zero-order valence-electron chi connectivity index (χ0n) is 17.7. The van der Waals surface area contributed by atoms with Crippen LogP contribution in [0.4, 0.5) is 11.4 Å². The summed E-state index contributed by atoms with van der Waals surface area (Å²) in [5, 5.41) is 2.70. The average molecular weight is 436 g/mol. The summed E-state index contributed by atoms with van der Waals surface area (Å²) in [7, 11) is 0. The summed E-state index contributed by atoms with van der Waals surface area (Å²) in [6, 6.07) is 13.2. The van der Waals surface area contributed by atoms with Crippen molar-refractivity contribution in [2.45, 2.75) is 26.7 Å². The smallest absolute Gasteiger partial charge is 0.270 e. The second-order valence-electron chi connectivity index (χ2n) is 7.62. The molecule has 1 N–H and O–H groups in total. The normalized spacial score (nSPS) is 18.0. The molecule has 0 atom stereocenters. The number of hydrogen-bond acceptors (Lipinski definition) is 5. The number of carbonyl (C=O) groups is 2. The summed E-state index contributed by atoms with van der Waals surface area (Å²) in [5.74, 6) is -0.226. The van der Waals surface area contributed by atoms with E-state index in [-0.39, 0.29) is 10.7 Å². The van der Waals surface area contributed by atoms with Gasteiger partial charge in [0.2, 0.25) is 0 Å². The molecule has 2 saturated heterocycles. The Morgan fingerprint density at radius 1 is 1.06 bits per heavy atom. The maximum atomic E-state index is 13.2. The summed E-state index contributed by atoms with van der Waals surface area (Å²) < 4.78 is 5.46. The minimum Gasteiger partial charge on any atom is -0.494 e. The van der Waals surface area contributed by atoms with Crippen molar-refractivity contribution in [3.05, 3.63) is 59.2 Å². The van der Waals surface area contributed by atoms with E-state index >= 15 is 0 Å². The van der Waals surface area contributed by atoms with Gasteiger partial charge in [-0.15, -0.1) is 0 Å². The number of benzene rings is 2. The van der Waals surface area contributed by atoms with Gasteiger partial charge in [0.1, 0.15) is 11.3 Å². The fourth-order valence-electron chi connectivity index (χ4n) is 3.90. The molecular weight excluding hydrogens is 410 g/mol. The van der Waals surface area contributed by atoms with Gasteiger partial charge >= 0.3 is 0 Å². The Labute approximate surface area is 187 Å². The van der Waals surface area contributed by atoms with Gasteiger partial charge in [-0.1, -0.05) is 6.07 Å². The SMILES string of the molecule is CCOc1ccc(N2C(=O)/C(=C/c3ccc(N4CCCC4)cc3C)C(=O)NC2=S)cc1. The van der Waals surface area contributed by atoms with Gasteiger partial charge < -0.3 is 9.64 Å². The van der Waals surface area contributed by atoms with E-state index in [1.807, 2.05) is 26.0 Å². The Bertz CT molecular complexity index is 1060. The van der Waals surface area contributed by atoms with E-state index in [0.717, 1.165) is 24.2 Å². The van der Waals surface area contributed by atoms with Crippen LogP contribution in [0.25, 0.3) is 6.08 Å². The molecule has 0 unspecified atom stereocenters. The summed E-state index contributed by atoms with van der Waals surface area (Å²) >= 11 is 5.28. The van der Waals surface area contributed by atoms with Crippen molar-refractivity contribution in [3.63, 3.8) is 0 Å². The predicted octanol–water partition coefficient (Wildman–Crippen LogP) is 3.83. The van der Waals surface area contributed by atoms with Gasteiger partial charge in [-0.25, -0.2) is 0 Å². The van der Waals surface area contributed by atoms with E-state index < -0.39 is 11.8 Å². The van der Waals surface area contributed by atoms with Crippen LogP contribution < -0.4 is 19.9 Å². The highest BCUT2D eigenvalue weighted by Gasteiger charge is 2.34. The average Bonchev–Trinajstić information content (AvgIpc) is 3.28. The van der Waals surface area contributed by atoms with E-state index in [2.05, 4.69) is 16.3 Å². The second kappa shape index (κ2) is 8.89. The van der Waals surface area contributed by atoms with Gasteiger partial charge in [0, 0.05) is 18.8 Å². The van der Waals surface area contributed by atoms with Gasteiger partial charge in [0.25, 0.3) is 11.8 Å². The zero-order chi connectivity index (χ0) is 22.0. The first kappa shape index (κ1) is 21.1. The Morgan fingerprint density at radius 3 is 2.39 bits per heavy atom. The van der Waals surface area contributed by atoms with Gasteiger partial charge in [-0.3, -0.25) is 19.8 Å². The van der Waals surface area contributed by atoms with Crippen LogP contribution in [0.1, 0.15) is 30.9 Å². The Hall–Kier alpha value is -3.19. The molecule has 31 heavy (non-hydrogen) atoms. The highest BCUT2D eigenvalue weighted by molar-refractivity contribution is 7.80. The molecule has 2 aromatic rings. The molecule has 0 spiro atoms. The van der Waals surface area contributed by atoms with E-state index in [9.17, 15) is 9.59 Å². The standard InChI is InChI=1S/C24H25N3O3S/c1-3-30-20-10-8-18(9-11-20)27-23(29)21(22(28)25-24(27)31)15-17-6-7-19(14-16(17)2)26-12-4-5-13-26/h6-11,14-15H,3-5,12-13H2,1-2H3,(H,25,28,31)/b21-15+. The molecule has 0 radical (unpaired) electrons. The number of amides is 2. The van der Waals surface area contributed by atoms with Crippen LogP contribution in [0.2, 0.25) is 0 Å². The van der Waals surface area contributed by atoms with Crippen LogP contribution in [0, 0.1) is 6.92 Å². The minimum atomic E-state index is -0.486. The van der Waals surface area contributed by atoms with Crippen molar-refractivity contribution in [2.24, 2.45) is 0 Å². The fraction of sp³-hybridized carbons (Fsp3) is 0.292. The third kappa shape index (κ3) is 4.32. The number of carbonyl (C=O) groups excluding carboxylic acids is 2. The summed E-state index contributed by atoms with van der Waals surface area (Å²) in [4.78, 5) is 29.5. The molecule has 6 nitrogen and oxygen atoms in total. The van der Waals surface area contributed by atoms with E-state index in [1.165, 1.54) is 23.4 Å². The van der Waals surface area contributed by atoms with Crippen molar-refractivity contribution >= 4 is 46.6 Å². The topological polar surface area (TPSA) is 61.9 Å². The summed E-state index contributed by atoms with van der Waals surface area (Å²) in [6.07, 6.45) is 4.06. The van der Waals surface area contributed by atoms with E-state index in [4.69, 9.17) is 17.0 Å². The lowest BCUT2D eigenvalue weighted by atomic mass is 10.0. The largest absolute Gasteiger partial charge is 0.494 e. The summed E-state index contributed by atoms with van der Waals surface area (Å²) in [5.41, 5.74) is 3.65. The van der Waals surface area contributed by atoms with Crippen LogP contribution in [-0.2, 0) is 9.59 Å². The van der Waals surface area contributed by atoms with Crippen molar-refractivity contribution < 1.29 is 14.3 Å². The van der Waals surface area contributed by atoms with Crippen molar-refractivity contribution in [1.29, 1.82) is 0 Å². The first-order valence-corrected chi connectivity index (χ1v) is 10.9. The number of ether oxygens (including phenoxy) is 1. The zero-order valence-corrected chi connectivity index (χ0v) is 18.5. The molecule has 7 heteroatoms. The summed E-state index contributed by atoms with van der Waals surface area (Å²) in [6.45, 7) is 6.58. The second-order valence-corrected chi connectivity index (χ2v) is 8.01. The van der Waals surface area contributed by atoms with Gasteiger partial charge in [0.05, 0.1) is 12.3 Å². The van der Waals surface area contributed by atoms with Crippen LogP contribution in [0.5, 0.6) is 5.75 Å². The molecule has 2 fully saturated rings. The van der Waals surface area contributed by atoms with Gasteiger partial charge in [-0.05, 0) is 92.5 Å². The molecule has 2 amide bonds. The maximum Gasteiger partial charge on any atom is 0.270 e. The van der Waals surface area contributed by atoms with Crippen LogP contribution in [0.3, 0.4) is 0 Å². The number of aryl methyl sites for hydroxylation is 1. The Balaban J connectivity index is 1.63. The predicted molar refractivity (Wildman–Crippen MR) is 126 cm³/mol. The molecule has 2 aliphatic rings. The van der Waals surface area contributed by atoms with Crippen LogP contribution in [-0.4, -0.2) is 36.6 Å². The number of nitrogens with one attached hydrogen (secondary N) is 1. The molecule has 160 valence electrons. The number of hydrogen-bond donors (Lipinski definition) is 1. The van der Waals surface area contributed by atoms with E-state index in [0.29, 0.717) is 18.0 Å². The van der Waals surface area contributed by atoms with Gasteiger partial charge in [0.15, 0.2) is 5.11 Å². The first-order valence-electron chi connectivity index (χ1n) is 10.5. The number of nitrogens with zero attached hydrogens (tertiary/aromatic N) is 2. The minimum absolute atomic E-state index is 0.0551. The maximum absolute atomic E-state index is 13.2. The number of thiocarbonyl (C=S) groups is 1. The number of anilines is 2. The quantitative estimate of drug-likeness (QED) is 0.439. The molecule has 4 rings (SSSR count). The van der Waals surface area contributed by atoms with Crippen molar-refractivity contribution in [2.75, 3.05) is 29.5 Å². The van der Waals surface area contributed by atoms with E-state index in [1.54, 1.807) is 30.3 Å². The van der Waals surface area contributed by atoms with Crippen LogP contribution >= 0.6 is 12.2 Å². The monoisotopic (exact) mass is 435 g/mol. The Morgan fingerprint density at radius 2 is 1.74 bits per heavy atom. The first-order chi connectivity index (χ1) is 15.0. The molecule has 0 bridgehead atoms. The molecular formula is C24H25N3O3S. The van der Waals surface area contributed by atoms with Crippen molar-refractivity contribution in [1.82, 2.24) is 5.32 Å². The van der Waals surface area contributed by atoms with Crippen LogP contribution in [0.15, 0.2) is 48.0 Å². The Kier molecular flexibility index (Phi) is 6.04. The number of rotatable bonds is 5. The fourth-order valence-corrected chi connectivity index (χ4v) is 4.18. The lowest BCUT2D eigenvalue weighted by Gasteiger charge is -2.29.